The summed E-state index contributed by atoms with van der Waals surface area (Å²) < 4.78 is 11.0. The number of carbonyl (C=O) groups excluding carboxylic acids is 1. The Bertz CT molecular complexity index is 214. The third kappa shape index (κ3) is 1.57. The number of hydrogen-bond acceptors (Lipinski definition) is 3. The molecule has 2 aliphatic rings. The Kier molecular flexibility index (Phi) is 2.28. The molecule has 1 aliphatic carbocycles. The molecule has 3 nitrogen and oxygen atoms in total. The van der Waals surface area contributed by atoms with Crippen LogP contribution in [0.4, 0.5) is 0 Å². The van der Waals surface area contributed by atoms with Gasteiger partial charge < -0.3 is 9.47 Å². The summed E-state index contributed by atoms with van der Waals surface area (Å²) in [4.78, 5) is 10.9. The number of fused-ring (bicyclic) bond motifs is 1. The molecule has 1 saturated heterocycles. The molecule has 2 fully saturated rings. The van der Waals surface area contributed by atoms with Crippen molar-refractivity contribution in [2.45, 2.75) is 51.4 Å². The second-order valence-electron chi connectivity index (χ2n) is 4.05. The summed E-state index contributed by atoms with van der Waals surface area (Å²) in [5.41, 5.74) is 0. The van der Waals surface area contributed by atoms with Crippen LogP contribution in [0.1, 0.15) is 33.1 Å². The molecule has 0 aromatic carbocycles. The van der Waals surface area contributed by atoms with Crippen molar-refractivity contribution >= 4 is 5.97 Å². The lowest BCUT2D eigenvalue weighted by atomic mass is 9.99. The largest absolute Gasteiger partial charge is 0.459 e. The summed E-state index contributed by atoms with van der Waals surface area (Å²) in [5.74, 6) is 0.270. The Morgan fingerprint density at radius 2 is 2.23 bits per heavy atom. The van der Waals surface area contributed by atoms with Gasteiger partial charge in [-0.15, -0.1) is 0 Å². The zero-order valence-electron chi connectivity index (χ0n) is 8.16. The van der Waals surface area contributed by atoms with Crippen LogP contribution in [0.15, 0.2) is 0 Å². The lowest BCUT2D eigenvalue weighted by molar-refractivity contribution is -0.150. The molecule has 0 spiro atoms. The summed E-state index contributed by atoms with van der Waals surface area (Å²) in [6.07, 6.45) is 3.92. The minimum atomic E-state index is -0.187. The lowest BCUT2D eigenvalue weighted by Gasteiger charge is -2.18. The minimum absolute atomic E-state index is 0.00463. The normalized spacial score (nSPS) is 43.2. The van der Waals surface area contributed by atoms with E-state index in [2.05, 4.69) is 0 Å². The predicted octanol–water partition coefficient (Wildman–Crippen LogP) is 1.51. The van der Waals surface area contributed by atoms with Crippen molar-refractivity contribution in [3.63, 3.8) is 0 Å². The Hall–Kier alpha value is -0.570. The highest BCUT2D eigenvalue weighted by atomic mass is 16.6. The summed E-state index contributed by atoms with van der Waals surface area (Å²) >= 11 is 0. The summed E-state index contributed by atoms with van der Waals surface area (Å²) in [7, 11) is 0. The topological polar surface area (TPSA) is 35.5 Å². The van der Waals surface area contributed by atoms with Gasteiger partial charge in [-0.3, -0.25) is 4.79 Å². The SMILES string of the molecule is CC(=O)O[C@@H]1[C@H]2CCC[C@H]2O[C@@H]1C. The second kappa shape index (κ2) is 3.29. The zero-order valence-corrected chi connectivity index (χ0v) is 8.16. The molecular weight excluding hydrogens is 168 g/mol. The average Bonchev–Trinajstić information content (AvgIpc) is 2.55. The highest BCUT2D eigenvalue weighted by Crippen LogP contribution is 2.40. The van der Waals surface area contributed by atoms with Gasteiger partial charge in [0.05, 0.1) is 12.2 Å². The van der Waals surface area contributed by atoms with Gasteiger partial charge in [-0.2, -0.15) is 0 Å². The molecule has 0 N–H and O–H groups in total. The fourth-order valence-corrected chi connectivity index (χ4v) is 2.58. The third-order valence-electron chi connectivity index (χ3n) is 3.08. The molecule has 0 bridgehead atoms. The molecule has 0 amide bonds. The molecule has 1 heterocycles. The fraction of sp³-hybridized carbons (Fsp3) is 0.900. The first-order valence-electron chi connectivity index (χ1n) is 5.01. The molecule has 13 heavy (non-hydrogen) atoms. The van der Waals surface area contributed by atoms with Crippen molar-refractivity contribution in [3.8, 4) is 0 Å². The molecule has 2 rings (SSSR count). The van der Waals surface area contributed by atoms with Crippen molar-refractivity contribution in [1.29, 1.82) is 0 Å². The average molecular weight is 184 g/mol. The summed E-state index contributed by atoms with van der Waals surface area (Å²) in [6, 6.07) is 0. The van der Waals surface area contributed by atoms with Crippen LogP contribution in [0.2, 0.25) is 0 Å². The van der Waals surface area contributed by atoms with E-state index in [1.54, 1.807) is 0 Å². The van der Waals surface area contributed by atoms with Gasteiger partial charge in [0.15, 0.2) is 0 Å². The van der Waals surface area contributed by atoms with Crippen molar-refractivity contribution in [3.05, 3.63) is 0 Å². The molecule has 0 radical (unpaired) electrons. The molecule has 0 unspecified atom stereocenters. The van der Waals surface area contributed by atoms with Crippen molar-refractivity contribution < 1.29 is 14.3 Å². The molecular formula is C10H16O3. The van der Waals surface area contributed by atoms with Crippen molar-refractivity contribution in [2.24, 2.45) is 5.92 Å². The van der Waals surface area contributed by atoms with Crippen LogP contribution in [-0.4, -0.2) is 24.3 Å². The van der Waals surface area contributed by atoms with E-state index in [9.17, 15) is 4.79 Å². The van der Waals surface area contributed by atoms with Crippen LogP contribution >= 0.6 is 0 Å². The Labute approximate surface area is 78.4 Å². The predicted molar refractivity (Wildman–Crippen MR) is 47.2 cm³/mol. The van der Waals surface area contributed by atoms with Gasteiger partial charge in [0.1, 0.15) is 6.10 Å². The maximum Gasteiger partial charge on any atom is 0.303 e. The number of rotatable bonds is 1. The molecule has 1 saturated carbocycles. The number of ether oxygens (including phenoxy) is 2. The summed E-state index contributed by atoms with van der Waals surface area (Å²) in [5, 5.41) is 0. The first-order chi connectivity index (χ1) is 6.18. The maximum atomic E-state index is 10.9. The van der Waals surface area contributed by atoms with E-state index in [1.165, 1.54) is 13.3 Å². The molecule has 74 valence electrons. The van der Waals surface area contributed by atoms with E-state index < -0.39 is 0 Å². The van der Waals surface area contributed by atoms with E-state index >= 15 is 0 Å². The van der Waals surface area contributed by atoms with Crippen molar-refractivity contribution in [2.75, 3.05) is 0 Å². The highest BCUT2D eigenvalue weighted by Gasteiger charge is 2.46. The number of carbonyl (C=O) groups is 1. The van der Waals surface area contributed by atoms with Gasteiger partial charge >= 0.3 is 5.97 Å². The van der Waals surface area contributed by atoms with E-state index in [4.69, 9.17) is 9.47 Å². The van der Waals surface area contributed by atoms with Crippen LogP contribution in [0, 0.1) is 5.92 Å². The van der Waals surface area contributed by atoms with Crippen LogP contribution in [0.5, 0.6) is 0 Å². The Morgan fingerprint density at radius 3 is 2.92 bits per heavy atom. The standard InChI is InChI=1S/C10H16O3/c1-6-10(13-7(2)11)8-4-3-5-9(8)12-6/h6,8-10H,3-5H2,1-2H3/t6-,8+,9-,10+/m1/s1. The second-order valence-corrected chi connectivity index (χ2v) is 4.05. The third-order valence-corrected chi connectivity index (χ3v) is 3.08. The maximum absolute atomic E-state index is 10.9. The highest BCUT2D eigenvalue weighted by molar-refractivity contribution is 5.66. The Balaban J connectivity index is 2.03. The minimum Gasteiger partial charge on any atom is -0.459 e. The van der Waals surface area contributed by atoms with Gasteiger partial charge in [-0.05, 0) is 19.8 Å². The Morgan fingerprint density at radius 1 is 1.46 bits per heavy atom. The van der Waals surface area contributed by atoms with Crippen LogP contribution < -0.4 is 0 Å². The van der Waals surface area contributed by atoms with Gasteiger partial charge in [0, 0.05) is 12.8 Å². The monoisotopic (exact) mass is 184 g/mol. The number of esters is 1. The van der Waals surface area contributed by atoms with Gasteiger partial charge in [0.2, 0.25) is 0 Å². The van der Waals surface area contributed by atoms with Gasteiger partial charge in [-0.1, -0.05) is 6.42 Å². The fourth-order valence-electron chi connectivity index (χ4n) is 2.58. The van der Waals surface area contributed by atoms with Crippen LogP contribution in [0.3, 0.4) is 0 Å². The molecule has 0 aromatic rings. The van der Waals surface area contributed by atoms with E-state index in [-0.39, 0.29) is 18.2 Å². The first kappa shape index (κ1) is 9.00. The van der Waals surface area contributed by atoms with Crippen molar-refractivity contribution in [1.82, 2.24) is 0 Å². The molecule has 1 aliphatic heterocycles. The van der Waals surface area contributed by atoms with E-state index in [0.29, 0.717) is 12.0 Å². The zero-order chi connectivity index (χ0) is 9.42. The molecule has 4 atom stereocenters. The van der Waals surface area contributed by atoms with Gasteiger partial charge in [0.25, 0.3) is 0 Å². The lowest BCUT2D eigenvalue weighted by Crippen LogP contribution is -2.29. The van der Waals surface area contributed by atoms with E-state index in [0.717, 1.165) is 12.8 Å². The number of hydrogen-bond donors (Lipinski definition) is 0. The summed E-state index contributed by atoms with van der Waals surface area (Å²) in [6.45, 7) is 3.46. The molecule has 0 aromatic heterocycles. The first-order valence-corrected chi connectivity index (χ1v) is 5.01. The quantitative estimate of drug-likeness (QED) is 0.579. The van der Waals surface area contributed by atoms with E-state index in [1.807, 2.05) is 6.92 Å². The molecule has 3 heteroatoms. The smallest absolute Gasteiger partial charge is 0.303 e. The van der Waals surface area contributed by atoms with Crippen LogP contribution in [0.25, 0.3) is 0 Å². The van der Waals surface area contributed by atoms with Gasteiger partial charge in [-0.25, -0.2) is 0 Å². The van der Waals surface area contributed by atoms with Crippen LogP contribution in [-0.2, 0) is 14.3 Å².